The second-order valence-corrected chi connectivity index (χ2v) is 5.46. The van der Waals surface area contributed by atoms with Crippen LogP contribution < -0.4 is 5.32 Å². The predicted molar refractivity (Wildman–Crippen MR) is 83.0 cm³/mol. The molecule has 0 saturated carbocycles. The van der Waals surface area contributed by atoms with Gasteiger partial charge in [0.1, 0.15) is 6.61 Å². The normalized spacial score (nSPS) is 15.0. The Kier molecular flexibility index (Phi) is 7.01. The maximum atomic E-state index is 12.1. The minimum absolute atomic E-state index is 0.0992. The fraction of sp³-hybridized carbons (Fsp3) is 0.500. The third-order valence-electron chi connectivity index (χ3n) is 3.41. The number of aliphatic hydroxyl groups excluding tert-OH is 1. The SMILES string of the molecule is C[C@H](O)[C@H](NC(=O)[C@H](C)N(C)C)C(=O)OCc1ccccc1. The van der Waals surface area contributed by atoms with Crippen LogP contribution in [0.25, 0.3) is 0 Å². The zero-order valence-electron chi connectivity index (χ0n) is 13.4. The number of likely N-dealkylation sites (N-methyl/N-ethyl adjacent to an activating group) is 1. The van der Waals surface area contributed by atoms with E-state index in [1.54, 1.807) is 25.9 Å². The van der Waals surface area contributed by atoms with Gasteiger partial charge in [0.15, 0.2) is 6.04 Å². The molecule has 22 heavy (non-hydrogen) atoms. The van der Waals surface area contributed by atoms with Crippen molar-refractivity contribution in [1.82, 2.24) is 10.2 Å². The third-order valence-corrected chi connectivity index (χ3v) is 3.41. The molecule has 0 radical (unpaired) electrons. The van der Waals surface area contributed by atoms with Gasteiger partial charge in [0.05, 0.1) is 12.1 Å². The molecule has 0 heterocycles. The van der Waals surface area contributed by atoms with E-state index in [0.29, 0.717) is 0 Å². The van der Waals surface area contributed by atoms with Crippen LogP contribution in [0, 0.1) is 0 Å². The molecule has 1 rings (SSSR count). The van der Waals surface area contributed by atoms with E-state index in [9.17, 15) is 14.7 Å². The fourth-order valence-corrected chi connectivity index (χ4v) is 1.70. The van der Waals surface area contributed by atoms with Crippen molar-refractivity contribution in [1.29, 1.82) is 0 Å². The van der Waals surface area contributed by atoms with Crippen molar-refractivity contribution in [3.63, 3.8) is 0 Å². The summed E-state index contributed by atoms with van der Waals surface area (Å²) in [7, 11) is 3.52. The first-order valence-electron chi connectivity index (χ1n) is 7.18. The molecule has 0 aliphatic heterocycles. The molecule has 6 nitrogen and oxygen atoms in total. The molecular weight excluding hydrogens is 284 g/mol. The first-order valence-corrected chi connectivity index (χ1v) is 7.18. The van der Waals surface area contributed by atoms with Gasteiger partial charge in [-0.25, -0.2) is 4.79 Å². The van der Waals surface area contributed by atoms with Crippen LogP contribution in [-0.4, -0.2) is 54.2 Å². The topological polar surface area (TPSA) is 78.9 Å². The summed E-state index contributed by atoms with van der Waals surface area (Å²) in [5.41, 5.74) is 0.841. The average molecular weight is 308 g/mol. The number of nitrogens with one attached hydrogen (secondary N) is 1. The molecule has 0 saturated heterocycles. The fourth-order valence-electron chi connectivity index (χ4n) is 1.70. The minimum atomic E-state index is -1.08. The predicted octanol–water partition coefficient (Wildman–Crippen LogP) is 0.546. The summed E-state index contributed by atoms with van der Waals surface area (Å²) in [6.45, 7) is 3.25. The zero-order valence-corrected chi connectivity index (χ0v) is 13.4. The van der Waals surface area contributed by atoms with Crippen LogP contribution in [-0.2, 0) is 20.9 Å². The first kappa shape index (κ1) is 18.1. The Labute approximate surface area is 131 Å². The van der Waals surface area contributed by atoms with Gasteiger partial charge in [-0.15, -0.1) is 0 Å². The Morgan fingerprint density at radius 2 is 1.82 bits per heavy atom. The van der Waals surface area contributed by atoms with Gasteiger partial charge in [0, 0.05) is 0 Å². The summed E-state index contributed by atoms with van der Waals surface area (Å²) in [4.78, 5) is 25.8. The van der Waals surface area contributed by atoms with Gasteiger partial charge in [-0.1, -0.05) is 30.3 Å². The number of benzene rings is 1. The van der Waals surface area contributed by atoms with Crippen molar-refractivity contribution in [2.45, 2.75) is 38.6 Å². The van der Waals surface area contributed by atoms with Gasteiger partial charge in [-0.3, -0.25) is 9.69 Å². The smallest absolute Gasteiger partial charge is 0.331 e. The van der Waals surface area contributed by atoms with Gasteiger partial charge in [-0.05, 0) is 33.5 Å². The summed E-state index contributed by atoms with van der Waals surface area (Å²) >= 11 is 0. The number of hydrogen-bond acceptors (Lipinski definition) is 5. The molecule has 0 unspecified atom stereocenters. The summed E-state index contributed by atoms with van der Waals surface area (Å²) < 4.78 is 5.17. The molecule has 1 amide bonds. The van der Waals surface area contributed by atoms with E-state index >= 15 is 0 Å². The highest BCUT2D eigenvalue weighted by Crippen LogP contribution is 2.05. The van der Waals surface area contributed by atoms with Crippen LogP contribution in [0.15, 0.2) is 30.3 Å². The molecule has 0 aromatic heterocycles. The number of carbonyl (C=O) groups excluding carboxylic acids is 2. The molecule has 0 fully saturated rings. The number of aliphatic hydroxyl groups is 1. The van der Waals surface area contributed by atoms with Crippen LogP contribution in [0.4, 0.5) is 0 Å². The lowest BCUT2D eigenvalue weighted by Gasteiger charge is -2.24. The molecule has 0 bridgehead atoms. The number of hydrogen-bond donors (Lipinski definition) is 2. The van der Waals surface area contributed by atoms with Crippen LogP contribution >= 0.6 is 0 Å². The standard InChI is InChI=1S/C16H24N2O4/c1-11(18(3)4)15(20)17-14(12(2)19)16(21)22-10-13-8-6-5-7-9-13/h5-9,11-12,14,19H,10H2,1-4H3,(H,17,20)/t11-,12-,14-/m0/s1. The lowest BCUT2D eigenvalue weighted by atomic mass is 10.1. The van der Waals surface area contributed by atoms with Crippen LogP contribution in [0.1, 0.15) is 19.4 Å². The molecule has 3 atom stereocenters. The molecule has 2 N–H and O–H groups in total. The molecule has 1 aromatic rings. The molecule has 0 spiro atoms. The van der Waals surface area contributed by atoms with Crippen molar-refractivity contribution >= 4 is 11.9 Å². The summed E-state index contributed by atoms with van der Waals surface area (Å²) in [6.07, 6.45) is -1.04. The molecule has 6 heteroatoms. The number of esters is 1. The first-order chi connectivity index (χ1) is 10.3. The van der Waals surface area contributed by atoms with E-state index < -0.39 is 24.2 Å². The second kappa shape index (κ2) is 8.51. The quantitative estimate of drug-likeness (QED) is 0.719. The van der Waals surface area contributed by atoms with Crippen LogP contribution in [0.2, 0.25) is 0 Å². The summed E-state index contributed by atoms with van der Waals surface area (Å²) in [5, 5.41) is 12.2. The maximum Gasteiger partial charge on any atom is 0.331 e. The van der Waals surface area contributed by atoms with E-state index in [1.165, 1.54) is 6.92 Å². The Hall–Kier alpha value is -1.92. The van der Waals surface area contributed by atoms with Crippen molar-refractivity contribution in [3.8, 4) is 0 Å². The highest BCUT2D eigenvalue weighted by atomic mass is 16.5. The van der Waals surface area contributed by atoms with Gasteiger partial charge < -0.3 is 15.2 Å². The minimum Gasteiger partial charge on any atom is -0.459 e. The van der Waals surface area contributed by atoms with E-state index in [1.807, 2.05) is 30.3 Å². The monoisotopic (exact) mass is 308 g/mol. The Morgan fingerprint density at radius 3 is 2.32 bits per heavy atom. The van der Waals surface area contributed by atoms with Gasteiger partial charge in [0.2, 0.25) is 5.91 Å². The van der Waals surface area contributed by atoms with E-state index in [2.05, 4.69) is 5.32 Å². The van der Waals surface area contributed by atoms with Gasteiger partial charge in [0.25, 0.3) is 0 Å². The number of nitrogens with zero attached hydrogens (tertiary/aromatic N) is 1. The Bertz CT molecular complexity index is 488. The number of carbonyl (C=O) groups is 2. The second-order valence-electron chi connectivity index (χ2n) is 5.46. The molecular formula is C16H24N2O4. The summed E-state index contributed by atoms with van der Waals surface area (Å²) in [6, 6.07) is 7.72. The van der Waals surface area contributed by atoms with Gasteiger partial charge in [-0.2, -0.15) is 0 Å². The summed E-state index contributed by atoms with van der Waals surface area (Å²) in [5.74, 6) is -0.995. The number of amides is 1. The highest BCUT2D eigenvalue weighted by Gasteiger charge is 2.29. The Morgan fingerprint density at radius 1 is 1.23 bits per heavy atom. The lowest BCUT2D eigenvalue weighted by Crippen LogP contribution is -2.53. The van der Waals surface area contributed by atoms with E-state index in [4.69, 9.17) is 4.74 Å². The lowest BCUT2D eigenvalue weighted by molar-refractivity contribution is -0.152. The molecule has 0 aliphatic carbocycles. The zero-order chi connectivity index (χ0) is 16.7. The van der Waals surface area contributed by atoms with E-state index in [0.717, 1.165) is 5.56 Å². The van der Waals surface area contributed by atoms with E-state index in [-0.39, 0.29) is 12.5 Å². The average Bonchev–Trinajstić information content (AvgIpc) is 2.49. The van der Waals surface area contributed by atoms with Gasteiger partial charge >= 0.3 is 5.97 Å². The van der Waals surface area contributed by atoms with Crippen molar-refractivity contribution in [3.05, 3.63) is 35.9 Å². The Balaban J connectivity index is 2.62. The molecule has 1 aromatic carbocycles. The highest BCUT2D eigenvalue weighted by molar-refractivity contribution is 5.87. The van der Waals surface area contributed by atoms with Crippen molar-refractivity contribution < 1.29 is 19.4 Å². The number of ether oxygens (including phenoxy) is 1. The maximum absolute atomic E-state index is 12.1. The third kappa shape index (κ3) is 5.46. The van der Waals surface area contributed by atoms with Crippen molar-refractivity contribution in [2.24, 2.45) is 0 Å². The molecule has 122 valence electrons. The van der Waals surface area contributed by atoms with Crippen LogP contribution in [0.5, 0.6) is 0 Å². The van der Waals surface area contributed by atoms with Crippen molar-refractivity contribution in [2.75, 3.05) is 14.1 Å². The van der Waals surface area contributed by atoms with Crippen LogP contribution in [0.3, 0.4) is 0 Å². The molecule has 0 aliphatic rings. The largest absolute Gasteiger partial charge is 0.459 e. The number of rotatable bonds is 7.